The molecule has 8 saturated heterocycles. The summed E-state index contributed by atoms with van der Waals surface area (Å²) in [4.78, 5) is 28.0. The van der Waals surface area contributed by atoms with E-state index in [-0.39, 0.29) is 43.2 Å². The molecule has 0 aromatic rings. The summed E-state index contributed by atoms with van der Waals surface area (Å²) in [7, 11) is 0. The van der Waals surface area contributed by atoms with Gasteiger partial charge in [0.1, 0.15) is 48.3 Å². The summed E-state index contributed by atoms with van der Waals surface area (Å²) in [5.41, 5.74) is -1.17. The number of Topliss-reactive ketones (excluding diaryl/α,β-unsaturated/α-hetero) is 1. The van der Waals surface area contributed by atoms with Crippen LogP contribution in [0.25, 0.3) is 0 Å². The fourth-order valence-electron chi connectivity index (χ4n) is 12.5. The van der Waals surface area contributed by atoms with Crippen molar-refractivity contribution in [2.75, 3.05) is 6.61 Å². The number of esters is 1. The predicted molar refractivity (Wildman–Crippen MR) is 218 cm³/mol. The zero-order chi connectivity index (χ0) is 43.3. The lowest BCUT2D eigenvalue weighted by atomic mass is 9.87. The molecule has 3 N–H and O–H groups in total. The maximum atomic E-state index is 14.1. The molecule has 19 atom stereocenters. The van der Waals surface area contributed by atoms with E-state index in [0.717, 1.165) is 37.7 Å². The van der Waals surface area contributed by atoms with E-state index in [0.29, 0.717) is 44.9 Å². The molecule has 0 radical (unpaired) electrons. The van der Waals surface area contributed by atoms with E-state index >= 15 is 0 Å². The first-order valence-corrected chi connectivity index (χ1v) is 23.3. The molecule has 0 amide bonds. The summed E-state index contributed by atoms with van der Waals surface area (Å²) >= 11 is 0. The molecule has 2 spiro atoms. The lowest BCUT2D eigenvalue weighted by molar-refractivity contribution is -0.359. The lowest BCUT2D eigenvalue weighted by Crippen LogP contribution is -2.59. The molecule has 0 saturated carbocycles. The first kappa shape index (κ1) is 44.4. The fraction of sp³-hybridized carbons (Fsp3) is 0.872. The number of carbonyl (C=O) groups excluding carboxylic acids is 2. The molecule has 0 aromatic heterocycles. The van der Waals surface area contributed by atoms with E-state index in [4.69, 9.17) is 42.6 Å². The third-order valence-electron chi connectivity index (χ3n) is 15.9. The van der Waals surface area contributed by atoms with Crippen LogP contribution in [0, 0.1) is 17.8 Å². The number of rotatable bonds is 1. The van der Waals surface area contributed by atoms with Gasteiger partial charge in [-0.25, -0.2) is 0 Å². The van der Waals surface area contributed by atoms with Crippen molar-refractivity contribution in [3.05, 3.63) is 23.8 Å². The molecule has 0 aliphatic carbocycles. The highest BCUT2D eigenvalue weighted by Crippen LogP contribution is 2.55. The molecular weight excluding hydrogens is 789 g/mol. The Morgan fingerprint density at radius 2 is 1.54 bits per heavy atom. The Morgan fingerprint density at radius 1 is 0.754 bits per heavy atom. The number of allylic oxidation sites excluding steroid dienone is 3. The van der Waals surface area contributed by atoms with Crippen LogP contribution >= 0.6 is 0 Å². The summed E-state index contributed by atoms with van der Waals surface area (Å²) < 4.78 is 59.0. The van der Waals surface area contributed by atoms with Gasteiger partial charge in [0, 0.05) is 38.5 Å². The van der Waals surface area contributed by atoms with Gasteiger partial charge in [-0.05, 0) is 97.8 Å². The quantitative estimate of drug-likeness (QED) is 0.291. The molecule has 9 heterocycles. The summed E-state index contributed by atoms with van der Waals surface area (Å²) in [6.07, 6.45) is 6.36. The first-order valence-electron chi connectivity index (χ1n) is 23.3. The number of hydrogen-bond donors (Lipinski definition) is 3. The van der Waals surface area contributed by atoms with Crippen LogP contribution in [0.2, 0.25) is 0 Å². The molecule has 8 fully saturated rings. The molecule has 9 rings (SSSR count). The molecule has 342 valence electrons. The highest BCUT2D eigenvalue weighted by Gasteiger charge is 2.65. The third kappa shape index (κ3) is 8.14. The van der Waals surface area contributed by atoms with E-state index in [1.807, 2.05) is 26.0 Å². The smallest absolute Gasteiger partial charge is 0.311 e. The van der Waals surface area contributed by atoms with Crippen LogP contribution < -0.4 is 0 Å². The largest absolute Gasteiger partial charge is 0.459 e. The van der Waals surface area contributed by atoms with Gasteiger partial charge in [-0.15, -0.1) is 0 Å². The molecule has 9 aliphatic heterocycles. The predicted octanol–water partition coefficient (Wildman–Crippen LogP) is 5.25. The summed E-state index contributed by atoms with van der Waals surface area (Å²) in [5, 5.41) is 34.8. The van der Waals surface area contributed by atoms with Gasteiger partial charge in [0.05, 0.1) is 42.0 Å². The van der Waals surface area contributed by atoms with E-state index in [9.17, 15) is 24.9 Å². The van der Waals surface area contributed by atoms with Crippen molar-refractivity contribution >= 4 is 11.8 Å². The minimum Gasteiger partial charge on any atom is -0.459 e. The number of carbonyl (C=O) groups is 2. The van der Waals surface area contributed by atoms with Gasteiger partial charge in [-0.2, -0.15) is 0 Å². The van der Waals surface area contributed by atoms with E-state index in [1.165, 1.54) is 0 Å². The second-order valence-corrected chi connectivity index (χ2v) is 21.3. The molecule has 0 aromatic carbocycles. The Hall–Kier alpha value is -1.82. The number of aliphatic hydroxyl groups is 3. The van der Waals surface area contributed by atoms with Crippen LogP contribution in [0.3, 0.4) is 0 Å². The minimum atomic E-state index is -1.95. The Kier molecular flexibility index (Phi) is 11.6. The van der Waals surface area contributed by atoms with Crippen molar-refractivity contribution in [2.24, 2.45) is 17.8 Å². The molecule has 61 heavy (non-hydrogen) atoms. The minimum absolute atomic E-state index is 0.0222. The summed E-state index contributed by atoms with van der Waals surface area (Å²) in [5.74, 6) is -5.28. The standard InChI is InChI=1S/C47H70O14/c1-26-10-11-32-34(22-37(54-32)47(52)39(49)28(3)14-20-53-47)55-41(51)29(4)31-9-8-15-45(56-31)17-12-33(57-45)40(50)44(7)24-30(48)38(60-44)35-25-43(6)18-19-46(58-35,61-43)36-13-16-42(5,59-36)23-27(2)21-26/h10-11,21,27-29,31-40,49-50,52H,8-9,12-20,22-25H2,1-7H3/b11-10+,26-21-/t27-,28+,29+,31-,32+,33-,34+,35+,36+,37-,38-,39+,40-,42+,43-,44+,45+,46-,47+/m0/s1. The monoisotopic (exact) mass is 858 g/mol. The van der Waals surface area contributed by atoms with Gasteiger partial charge in [0.15, 0.2) is 17.4 Å². The lowest BCUT2D eigenvalue weighted by Gasteiger charge is -2.47. The fourth-order valence-corrected chi connectivity index (χ4v) is 12.5. The van der Waals surface area contributed by atoms with Gasteiger partial charge in [0.2, 0.25) is 5.79 Å². The van der Waals surface area contributed by atoms with Crippen molar-refractivity contribution in [2.45, 2.75) is 234 Å². The van der Waals surface area contributed by atoms with E-state index in [1.54, 1.807) is 13.8 Å². The normalized spacial score (nSPS) is 55.7. The third-order valence-corrected chi connectivity index (χ3v) is 15.9. The average Bonchev–Trinajstić information content (AvgIpc) is 4.02. The second-order valence-electron chi connectivity index (χ2n) is 21.3. The van der Waals surface area contributed by atoms with Crippen LogP contribution in [0.5, 0.6) is 0 Å². The second kappa shape index (κ2) is 16.0. The maximum Gasteiger partial charge on any atom is 0.311 e. The molecular formula is C47H70O14. The highest BCUT2D eigenvalue weighted by atomic mass is 16.8. The van der Waals surface area contributed by atoms with Crippen molar-refractivity contribution in [1.29, 1.82) is 0 Å². The van der Waals surface area contributed by atoms with Crippen LogP contribution in [0.1, 0.15) is 138 Å². The Balaban J connectivity index is 1.00. The highest BCUT2D eigenvalue weighted by molar-refractivity contribution is 5.86. The van der Waals surface area contributed by atoms with Gasteiger partial charge >= 0.3 is 5.97 Å². The number of ether oxygens (including phenoxy) is 9. The zero-order valence-corrected chi connectivity index (χ0v) is 37.2. The van der Waals surface area contributed by atoms with Gasteiger partial charge in [-0.3, -0.25) is 9.59 Å². The molecule has 0 unspecified atom stereocenters. The molecule has 10 bridgehead atoms. The maximum absolute atomic E-state index is 14.1. The first-order chi connectivity index (χ1) is 28.7. The Morgan fingerprint density at radius 3 is 2.34 bits per heavy atom. The van der Waals surface area contributed by atoms with Gasteiger partial charge < -0.3 is 58.0 Å². The van der Waals surface area contributed by atoms with Crippen LogP contribution in [0.4, 0.5) is 0 Å². The molecule has 14 heteroatoms. The van der Waals surface area contributed by atoms with E-state index < -0.39 is 101 Å². The van der Waals surface area contributed by atoms with Crippen LogP contribution in [0.15, 0.2) is 23.8 Å². The number of hydrogen-bond acceptors (Lipinski definition) is 14. The zero-order valence-electron chi connectivity index (χ0n) is 37.2. The topological polar surface area (TPSA) is 178 Å². The van der Waals surface area contributed by atoms with Gasteiger partial charge in [0.25, 0.3) is 0 Å². The van der Waals surface area contributed by atoms with Crippen molar-refractivity contribution in [3.63, 3.8) is 0 Å². The van der Waals surface area contributed by atoms with Crippen LogP contribution in [-0.2, 0) is 52.2 Å². The van der Waals surface area contributed by atoms with Crippen molar-refractivity contribution in [3.8, 4) is 0 Å². The van der Waals surface area contributed by atoms with Crippen LogP contribution in [-0.4, -0.2) is 129 Å². The summed E-state index contributed by atoms with van der Waals surface area (Å²) in [6, 6.07) is 0. The Labute approximate surface area is 360 Å². The number of ketones is 1. The van der Waals surface area contributed by atoms with E-state index in [2.05, 4.69) is 26.8 Å². The number of fused-ring (bicyclic) bond motifs is 10. The Bertz CT molecular complexity index is 1750. The average molecular weight is 859 g/mol. The SMILES string of the molecule is CC1=C/[C@H](C)C[C@@]2(C)CC[C@@H](O2)[C@@]23CC[C@@](C)(C[C@@H](O2)[C@H]2O[C@](C)(CC2=O)[C@@H](O)[C@@H]2CC[C@@]4(CCC[C@H](O4)[C@@H](C)C(=O)O[C@@H]4C[C@@H]([C@@]5(O)OCC[C@@H](C)[C@H]5O)O[C@@H]4\C=C\1)O2)O3. The molecule has 14 nitrogen and oxygen atoms in total. The molecule has 9 aliphatic rings. The number of aliphatic hydroxyl groups excluding tert-OH is 2. The van der Waals surface area contributed by atoms with Crippen molar-refractivity contribution < 1.29 is 67.5 Å². The summed E-state index contributed by atoms with van der Waals surface area (Å²) in [6.45, 7) is 14.1. The van der Waals surface area contributed by atoms with Crippen molar-refractivity contribution in [1.82, 2.24) is 0 Å². The van der Waals surface area contributed by atoms with Gasteiger partial charge in [-0.1, -0.05) is 37.6 Å².